The molecule has 0 spiro atoms. The molecule has 0 aliphatic heterocycles. The van der Waals surface area contributed by atoms with E-state index in [1.807, 2.05) is 12.1 Å². The third-order valence-electron chi connectivity index (χ3n) is 2.03. The zero-order chi connectivity index (χ0) is 10.4. The summed E-state index contributed by atoms with van der Waals surface area (Å²) in [6, 6.07) is 8.26. The lowest BCUT2D eigenvalue weighted by Gasteiger charge is -2.04. The number of benzene rings is 1. The maximum Gasteiger partial charge on any atom is 0.229 e. The number of hydrogen-bond donors (Lipinski definition) is 1. The van der Waals surface area contributed by atoms with Gasteiger partial charge in [-0.05, 0) is 18.1 Å². The first-order valence-electron chi connectivity index (χ1n) is 4.57. The van der Waals surface area contributed by atoms with E-state index in [1.165, 1.54) is 11.1 Å². The summed E-state index contributed by atoms with van der Waals surface area (Å²) >= 11 is 1.64. The van der Waals surface area contributed by atoms with E-state index in [1.54, 1.807) is 18.8 Å². The second kappa shape index (κ2) is 5.70. The molecule has 2 nitrogen and oxygen atoms in total. The van der Waals surface area contributed by atoms with Crippen molar-refractivity contribution in [2.24, 2.45) is 0 Å². The van der Waals surface area contributed by atoms with Gasteiger partial charge in [0.15, 0.2) is 0 Å². The second-order valence-corrected chi connectivity index (χ2v) is 4.08. The van der Waals surface area contributed by atoms with Crippen LogP contribution in [-0.2, 0) is 10.5 Å². The number of aryl methyl sites for hydroxylation is 1. The normalized spacial score (nSPS) is 9.86. The van der Waals surface area contributed by atoms with Crippen LogP contribution in [0.4, 0.5) is 0 Å². The van der Waals surface area contributed by atoms with Crippen molar-refractivity contribution in [2.45, 2.75) is 12.7 Å². The average Bonchev–Trinajstić information content (AvgIpc) is 2.20. The highest BCUT2D eigenvalue weighted by atomic mass is 32.2. The van der Waals surface area contributed by atoms with Gasteiger partial charge >= 0.3 is 0 Å². The Morgan fingerprint density at radius 1 is 1.43 bits per heavy atom. The average molecular weight is 209 g/mol. The Kier molecular flexibility index (Phi) is 4.53. The molecule has 0 heterocycles. The summed E-state index contributed by atoms with van der Waals surface area (Å²) < 4.78 is 0. The molecular weight excluding hydrogens is 194 g/mol. The van der Waals surface area contributed by atoms with Gasteiger partial charge in [-0.25, -0.2) is 0 Å². The van der Waals surface area contributed by atoms with E-state index < -0.39 is 0 Å². The molecule has 1 amide bonds. The van der Waals surface area contributed by atoms with Crippen LogP contribution in [0.3, 0.4) is 0 Å². The topological polar surface area (TPSA) is 29.1 Å². The molecule has 0 bridgehead atoms. The molecule has 14 heavy (non-hydrogen) atoms. The van der Waals surface area contributed by atoms with Crippen LogP contribution in [0.15, 0.2) is 24.3 Å². The van der Waals surface area contributed by atoms with Crippen LogP contribution in [0, 0.1) is 6.92 Å². The molecule has 1 rings (SSSR count). The standard InChI is InChI=1S/C11H15NOS/c1-9-5-3-4-6-10(9)7-14-8-11(13)12-2/h3-6H,7-8H2,1-2H3,(H,12,13). The van der Waals surface area contributed by atoms with E-state index in [9.17, 15) is 4.79 Å². The Morgan fingerprint density at radius 2 is 2.14 bits per heavy atom. The third kappa shape index (κ3) is 3.42. The smallest absolute Gasteiger partial charge is 0.229 e. The molecule has 1 aromatic rings. The molecule has 0 saturated heterocycles. The molecule has 76 valence electrons. The van der Waals surface area contributed by atoms with Crippen molar-refractivity contribution in [1.29, 1.82) is 0 Å². The van der Waals surface area contributed by atoms with E-state index >= 15 is 0 Å². The van der Waals surface area contributed by atoms with Crippen molar-refractivity contribution < 1.29 is 4.79 Å². The van der Waals surface area contributed by atoms with Gasteiger partial charge < -0.3 is 5.32 Å². The first-order valence-corrected chi connectivity index (χ1v) is 5.72. The maximum atomic E-state index is 11.0. The van der Waals surface area contributed by atoms with E-state index in [4.69, 9.17) is 0 Å². The lowest BCUT2D eigenvalue weighted by atomic mass is 10.1. The van der Waals surface area contributed by atoms with E-state index in [-0.39, 0.29) is 5.91 Å². The maximum absolute atomic E-state index is 11.0. The van der Waals surface area contributed by atoms with Crippen LogP contribution < -0.4 is 5.32 Å². The van der Waals surface area contributed by atoms with Crippen molar-refractivity contribution >= 4 is 17.7 Å². The minimum Gasteiger partial charge on any atom is -0.358 e. The van der Waals surface area contributed by atoms with Gasteiger partial charge in [0.1, 0.15) is 0 Å². The Hall–Kier alpha value is -0.960. The highest BCUT2D eigenvalue weighted by molar-refractivity contribution is 7.99. The van der Waals surface area contributed by atoms with Gasteiger partial charge in [0, 0.05) is 12.8 Å². The van der Waals surface area contributed by atoms with Gasteiger partial charge in [0.05, 0.1) is 5.75 Å². The molecular formula is C11H15NOS. The summed E-state index contributed by atoms with van der Waals surface area (Å²) in [6.07, 6.45) is 0. The fourth-order valence-corrected chi connectivity index (χ4v) is 2.07. The van der Waals surface area contributed by atoms with E-state index in [0.29, 0.717) is 5.75 Å². The molecule has 0 aliphatic carbocycles. The molecule has 0 aromatic heterocycles. The van der Waals surface area contributed by atoms with Crippen molar-refractivity contribution in [2.75, 3.05) is 12.8 Å². The molecule has 1 N–H and O–H groups in total. The molecule has 0 aliphatic rings. The van der Waals surface area contributed by atoms with Gasteiger partial charge in [-0.3, -0.25) is 4.79 Å². The predicted octanol–water partition coefficient (Wildman–Crippen LogP) is 1.97. The fourth-order valence-electron chi connectivity index (χ4n) is 1.10. The van der Waals surface area contributed by atoms with Crippen molar-refractivity contribution in [3.8, 4) is 0 Å². The minimum absolute atomic E-state index is 0.0867. The molecule has 3 heteroatoms. The fraction of sp³-hybridized carbons (Fsp3) is 0.364. The number of rotatable bonds is 4. The second-order valence-electron chi connectivity index (χ2n) is 3.09. The van der Waals surface area contributed by atoms with Gasteiger partial charge in [0.25, 0.3) is 0 Å². The van der Waals surface area contributed by atoms with Crippen LogP contribution in [0.1, 0.15) is 11.1 Å². The number of nitrogens with one attached hydrogen (secondary N) is 1. The van der Waals surface area contributed by atoms with Crippen LogP contribution >= 0.6 is 11.8 Å². The summed E-state index contributed by atoms with van der Waals surface area (Å²) in [5.41, 5.74) is 2.60. The Bertz CT molecular complexity index is 312. The molecule has 0 unspecified atom stereocenters. The van der Waals surface area contributed by atoms with Gasteiger partial charge in [-0.15, -0.1) is 11.8 Å². The minimum atomic E-state index is 0.0867. The number of carbonyl (C=O) groups is 1. The summed E-state index contributed by atoms with van der Waals surface area (Å²) in [4.78, 5) is 11.0. The number of thioether (sulfide) groups is 1. The predicted molar refractivity (Wildman–Crippen MR) is 61.4 cm³/mol. The van der Waals surface area contributed by atoms with E-state index in [0.717, 1.165) is 5.75 Å². The summed E-state index contributed by atoms with van der Waals surface area (Å²) in [5, 5.41) is 2.61. The molecule has 0 fully saturated rings. The number of carbonyl (C=O) groups excluding carboxylic acids is 1. The first-order chi connectivity index (χ1) is 6.74. The van der Waals surface area contributed by atoms with Gasteiger partial charge in [0.2, 0.25) is 5.91 Å². The van der Waals surface area contributed by atoms with Crippen LogP contribution in [0.2, 0.25) is 0 Å². The summed E-state index contributed by atoms with van der Waals surface area (Å²) in [5.74, 6) is 1.52. The van der Waals surface area contributed by atoms with Crippen molar-refractivity contribution in [3.63, 3.8) is 0 Å². The lowest BCUT2D eigenvalue weighted by Crippen LogP contribution is -2.19. The molecule has 0 atom stereocenters. The Labute approximate surface area is 89.1 Å². The van der Waals surface area contributed by atoms with Gasteiger partial charge in [-0.1, -0.05) is 24.3 Å². The lowest BCUT2D eigenvalue weighted by molar-refractivity contribution is -0.118. The van der Waals surface area contributed by atoms with Crippen LogP contribution in [0.25, 0.3) is 0 Å². The zero-order valence-corrected chi connectivity index (χ0v) is 9.36. The monoisotopic (exact) mass is 209 g/mol. The van der Waals surface area contributed by atoms with Gasteiger partial charge in [-0.2, -0.15) is 0 Å². The first kappa shape index (κ1) is 11.1. The molecule has 0 radical (unpaired) electrons. The SMILES string of the molecule is CNC(=O)CSCc1ccccc1C. The molecule has 0 saturated carbocycles. The Balaban J connectivity index is 2.39. The summed E-state index contributed by atoms with van der Waals surface area (Å²) in [7, 11) is 1.66. The van der Waals surface area contributed by atoms with Crippen molar-refractivity contribution in [3.05, 3.63) is 35.4 Å². The summed E-state index contributed by atoms with van der Waals surface area (Å²) in [6.45, 7) is 2.09. The van der Waals surface area contributed by atoms with Crippen LogP contribution in [-0.4, -0.2) is 18.7 Å². The third-order valence-corrected chi connectivity index (χ3v) is 3.01. The highest BCUT2D eigenvalue weighted by Crippen LogP contribution is 2.15. The Morgan fingerprint density at radius 3 is 2.79 bits per heavy atom. The highest BCUT2D eigenvalue weighted by Gasteiger charge is 2.00. The van der Waals surface area contributed by atoms with E-state index in [2.05, 4.69) is 24.4 Å². The quantitative estimate of drug-likeness (QED) is 0.821. The number of amides is 1. The number of hydrogen-bond acceptors (Lipinski definition) is 2. The largest absolute Gasteiger partial charge is 0.358 e. The van der Waals surface area contributed by atoms with Crippen molar-refractivity contribution in [1.82, 2.24) is 5.32 Å². The van der Waals surface area contributed by atoms with Crippen LogP contribution in [0.5, 0.6) is 0 Å². The zero-order valence-electron chi connectivity index (χ0n) is 8.54. The molecule has 1 aromatic carbocycles.